The molecule has 1 saturated carbocycles. The number of nitrogens with zero attached hydrogens (tertiary/aromatic N) is 1. The number of carbonyl (C=O) groups excluding carboxylic acids is 1. The van der Waals surface area contributed by atoms with Crippen molar-refractivity contribution in [2.24, 2.45) is 5.92 Å². The van der Waals surface area contributed by atoms with Crippen molar-refractivity contribution in [3.05, 3.63) is 59.7 Å². The minimum Gasteiger partial charge on any atom is -0.393 e. The molecule has 2 aromatic carbocycles. The van der Waals surface area contributed by atoms with Crippen LogP contribution in [0, 0.1) is 5.92 Å². The molecule has 1 amide bonds. The molecule has 2 fully saturated rings. The second-order valence-electron chi connectivity index (χ2n) is 8.86. The second-order valence-corrected chi connectivity index (χ2v) is 8.86. The molecule has 2 aromatic rings. The quantitative estimate of drug-likeness (QED) is 0.772. The van der Waals surface area contributed by atoms with Crippen molar-refractivity contribution in [2.75, 3.05) is 24.7 Å². The maximum atomic E-state index is 13.6. The highest BCUT2D eigenvalue weighted by Gasteiger charge is 2.49. The van der Waals surface area contributed by atoms with Gasteiger partial charge in [0.2, 0.25) is 5.91 Å². The number of aliphatic hydroxyl groups excluding tert-OH is 1. The van der Waals surface area contributed by atoms with E-state index in [2.05, 4.69) is 17.4 Å². The van der Waals surface area contributed by atoms with Crippen LogP contribution >= 0.6 is 0 Å². The molecule has 0 spiro atoms. The van der Waals surface area contributed by atoms with Crippen LogP contribution in [0.1, 0.15) is 36.8 Å². The van der Waals surface area contributed by atoms with Gasteiger partial charge in [0, 0.05) is 12.6 Å². The molecule has 2 aliphatic heterocycles. The first kappa shape index (κ1) is 19.7. The molecule has 0 bridgehead atoms. The number of aliphatic hydroxyl groups is 1. The lowest BCUT2D eigenvalue weighted by Gasteiger charge is -2.36. The second kappa shape index (κ2) is 8.14. The predicted octanol–water partition coefficient (Wildman–Crippen LogP) is 3.36. The summed E-state index contributed by atoms with van der Waals surface area (Å²) in [5.74, 6) is 0.514. The Hall–Kier alpha value is -2.21. The SMILES string of the molecule is O=C(CNC(C1CC1)C1(CO)CCCO1)N1c2ccccc2CCc2ccccc21. The van der Waals surface area contributed by atoms with Gasteiger partial charge < -0.3 is 15.2 Å². The van der Waals surface area contributed by atoms with Gasteiger partial charge in [-0.3, -0.25) is 9.69 Å². The summed E-state index contributed by atoms with van der Waals surface area (Å²) >= 11 is 0. The summed E-state index contributed by atoms with van der Waals surface area (Å²) in [5.41, 5.74) is 3.81. The number of anilines is 2. The zero-order valence-electron chi connectivity index (χ0n) is 17.3. The number of fused-ring (bicyclic) bond motifs is 2. The number of hydrogen-bond acceptors (Lipinski definition) is 4. The van der Waals surface area contributed by atoms with Crippen LogP contribution < -0.4 is 10.2 Å². The Morgan fingerprint density at radius 3 is 2.27 bits per heavy atom. The van der Waals surface area contributed by atoms with Gasteiger partial charge in [-0.05, 0) is 67.7 Å². The number of rotatable bonds is 6. The Morgan fingerprint density at radius 2 is 1.73 bits per heavy atom. The highest BCUT2D eigenvalue weighted by Crippen LogP contribution is 2.42. The van der Waals surface area contributed by atoms with E-state index in [4.69, 9.17) is 4.74 Å². The van der Waals surface area contributed by atoms with E-state index >= 15 is 0 Å². The topological polar surface area (TPSA) is 61.8 Å². The van der Waals surface area contributed by atoms with Crippen molar-refractivity contribution >= 4 is 17.3 Å². The number of carbonyl (C=O) groups is 1. The number of amides is 1. The van der Waals surface area contributed by atoms with Crippen LogP contribution in [0.3, 0.4) is 0 Å². The van der Waals surface area contributed by atoms with E-state index < -0.39 is 5.60 Å². The molecule has 2 N–H and O–H groups in total. The third-order valence-corrected chi connectivity index (χ3v) is 6.91. The van der Waals surface area contributed by atoms with Gasteiger partial charge in [-0.1, -0.05) is 36.4 Å². The van der Waals surface area contributed by atoms with Crippen molar-refractivity contribution < 1.29 is 14.6 Å². The molecule has 2 atom stereocenters. The van der Waals surface area contributed by atoms with E-state index in [1.807, 2.05) is 41.3 Å². The molecule has 30 heavy (non-hydrogen) atoms. The molecule has 1 saturated heterocycles. The molecule has 3 aliphatic rings. The Morgan fingerprint density at radius 1 is 1.10 bits per heavy atom. The fraction of sp³-hybridized carbons (Fsp3) is 0.480. The Bertz CT molecular complexity index is 871. The number of aryl methyl sites for hydroxylation is 2. The number of nitrogens with one attached hydrogen (secondary N) is 1. The summed E-state index contributed by atoms with van der Waals surface area (Å²) in [6, 6.07) is 16.4. The van der Waals surface area contributed by atoms with E-state index in [0.29, 0.717) is 12.5 Å². The Balaban J connectivity index is 1.42. The number of para-hydroxylation sites is 2. The first-order valence-corrected chi connectivity index (χ1v) is 11.2. The fourth-order valence-corrected chi connectivity index (χ4v) is 5.22. The number of benzene rings is 2. The minimum absolute atomic E-state index is 0.00470. The summed E-state index contributed by atoms with van der Waals surface area (Å²) in [6.07, 6.45) is 5.93. The lowest BCUT2D eigenvalue weighted by Crippen LogP contribution is -2.56. The minimum atomic E-state index is -0.546. The van der Waals surface area contributed by atoms with Crippen molar-refractivity contribution in [1.29, 1.82) is 0 Å². The Labute approximate surface area is 178 Å². The number of ether oxygens (including phenoxy) is 1. The maximum Gasteiger partial charge on any atom is 0.245 e. The van der Waals surface area contributed by atoms with Crippen LogP contribution in [-0.4, -0.2) is 42.4 Å². The van der Waals surface area contributed by atoms with E-state index in [1.165, 1.54) is 11.1 Å². The molecule has 5 rings (SSSR count). The molecular formula is C25H30N2O3. The van der Waals surface area contributed by atoms with Gasteiger partial charge in [-0.2, -0.15) is 0 Å². The molecule has 1 aliphatic carbocycles. The van der Waals surface area contributed by atoms with Crippen LogP contribution in [0.25, 0.3) is 0 Å². The van der Waals surface area contributed by atoms with Crippen LogP contribution in [0.15, 0.2) is 48.5 Å². The van der Waals surface area contributed by atoms with Crippen molar-refractivity contribution in [3.63, 3.8) is 0 Å². The maximum absolute atomic E-state index is 13.6. The first-order valence-electron chi connectivity index (χ1n) is 11.2. The third-order valence-electron chi connectivity index (χ3n) is 6.91. The van der Waals surface area contributed by atoms with Crippen LogP contribution in [0.2, 0.25) is 0 Å². The van der Waals surface area contributed by atoms with Gasteiger partial charge >= 0.3 is 0 Å². The summed E-state index contributed by atoms with van der Waals surface area (Å²) in [4.78, 5) is 15.5. The first-order chi connectivity index (χ1) is 14.7. The lowest BCUT2D eigenvalue weighted by atomic mass is 9.88. The summed E-state index contributed by atoms with van der Waals surface area (Å²) in [5, 5.41) is 13.6. The zero-order chi connectivity index (χ0) is 20.6. The third kappa shape index (κ3) is 3.55. The van der Waals surface area contributed by atoms with Gasteiger partial charge in [0.15, 0.2) is 0 Å². The lowest BCUT2D eigenvalue weighted by molar-refractivity contribution is -0.118. The van der Waals surface area contributed by atoms with Gasteiger partial charge in [0.1, 0.15) is 5.60 Å². The summed E-state index contributed by atoms with van der Waals surface area (Å²) < 4.78 is 6.03. The van der Waals surface area contributed by atoms with Gasteiger partial charge in [0.05, 0.1) is 24.5 Å². The van der Waals surface area contributed by atoms with E-state index in [9.17, 15) is 9.90 Å². The molecule has 158 valence electrons. The number of hydrogen-bond donors (Lipinski definition) is 2. The van der Waals surface area contributed by atoms with Crippen LogP contribution in [0.5, 0.6) is 0 Å². The Kier molecular flexibility index (Phi) is 5.35. The van der Waals surface area contributed by atoms with Gasteiger partial charge in [-0.25, -0.2) is 0 Å². The van der Waals surface area contributed by atoms with Gasteiger partial charge in [-0.15, -0.1) is 0 Å². The van der Waals surface area contributed by atoms with E-state index in [0.717, 1.165) is 49.9 Å². The smallest absolute Gasteiger partial charge is 0.245 e. The van der Waals surface area contributed by atoms with Crippen LogP contribution in [-0.2, 0) is 22.4 Å². The van der Waals surface area contributed by atoms with Crippen molar-refractivity contribution in [2.45, 2.75) is 50.2 Å². The molecule has 0 radical (unpaired) electrons. The summed E-state index contributed by atoms with van der Waals surface area (Å²) in [7, 11) is 0. The highest BCUT2D eigenvalue weighted by molar-refractivity contribution is 6.03. The molecule has 0 aromatic heterocycles. The standard InChI is InChI=1S/C25H30N2O3/c28-17-25(14-5-15-30-25)24(20-12-13-20)26-16-23(29)27-21-8-3-1-6-18(21)10-11-19-7-2-4-9-22(19)27/h1-4,6-9,20,24,26,28H,5,10-17H2. The van der Waals surface area contributed by atoms with Crippen LogP contribution in [0.4, 0.5) is 11.4 Å². The normalized spacial score (nSPS) is 24.1. The van der Waals surface area contributed by atoms with Crippen molar-refractivity contribution in [3.8, 4) is 0 Å². The average molecular weight is 407 g/mol. The monoisotopic (exact) mass is 406 g/mol. The fourth-order valence-electron chi connectivity index (χ4n) is 5.22. The predicted molar refractivity (Wildman–Crippen MR) is 117 cm³/mol. The highest BCUT2D eigenvalue weighted by atomic mass is 16.5. The molecular weight excluding hydrogens is 376 g/mol. The zero-order valence-corrected chi connectivity index (χ0v) is 17.3. The average Bonchev–Trinajstić information content (AvgIpc) is 3.53. The van der Waals surface area contributed by atoms with Crippen molar-refractivity contribution in [1.82, 2.24) is 5.32 Å². The van der Waals surface area contributed by atoms with E-state index in [1.54, 1.807) is 0 Å². The molecule has 2 heterocycles. The summed E-state index contributed by atoms with van der Waals surface area (Å²) in [6.45, 7) is 0.923. The van der Waals surface area contributed by atoms with E-state index in [-0.39, 0.29) is 25.1 Å². The molecule has 5 nitrogen and oxygen atoms in total. The largest absolute Gasteiger partial charge is 0.393 e. The molecule has 5 heteroatoms. The van der Waals surface area contributed by atoms with Gasteiger partial charge in [0.25, 0.3) is 0 Å². The molecule has 2 unspecified atom stereocenters.